The van der Waals surface area contributed by atoms with E-state index in [2.05, 4.69) is 43.0 Å². The summed E-state index contributed by atoms with van der Waals surface area (Å²) in [5.41, 5.74) is 0. The molecule has 0 amide bonds. The lowest BCUT2D eigenvalue weighted by molar-refractivity contribution is 0.254. The minimum atomic E-state index is 0.155. The third-order valence-corrected chi connectivity index (χ3v) is 4.18. The number of hydrogen-bond donors (Lipinski definition) is 2. The fourth-order valence-electron chi connectivity index (χ4n) is 2.53. The molecule has 1 aromatic rings. The lowest BCUT2D eigenvalue weighted by Gasteiger charge is -2.30. The van der Waals surface area contributed by atoms with Crippen LogP contribution in [0.3, 0.4) is 0 Å². The van der Waals surface area contributed by atoms with Crippen LogP contribution in [0, 0.1) is 0 Å². The van der Waals surface area contributed by atoms with E-state index >= 15 is 0 Å². The van der Waals surface area contributed by atoms with Gasteiger partial charge in [0.15, 0.2) is 0 Å². The van der Waals surface area contributed by atoms with Crippen LogP contribution >= 0.6 is 15.9 Å². The van der Waals surface area contributed by atoms with Gasteiger partial charge in [-0.15, -0.1) is 0 Å². The standard InChI is InChI=1S/C14H23BrN4O/c1-2-7-16-14-17-9-12(15)13(18-14)19-8-5-3-4-6-11(19)10-20/h9,11,20H,2-8,10H2,1H3,(H,16,17,18). The molecule has 2 rings (SSSR count). The fraction of sp³-hybridized carbons (Fsp3) is 0.714. The highest BCUT2D eigenvalue weighted by Gasteiger charge is 2.23. The average Bonchev–Trinajstić information content (AvgIpc) is 2.71. The molecule has 5 nitrogen and oxygen atoms in total. The maximum Gasteiger partial charge on any atom is 0.224 e. The highest BCUT2D eigenvalue weighted by atomic mass is 79.9. The Morgan fingerprint density at radius 1 is 1.45 bits per heavy atom. The van der Waals surface area contributed by atoms with E-state index < -0.39 is 0 Å². The smallest absolute Gasteiger partial charge is 0.224 e. The molecule has 0 aromatic carbocycles. The topological polar surface area (TPSA) is 61.3 Å². The molecule has 1 atom stereocenters. The SMILES string of the molecule is CCCNc1ncc(Br)c(N2CCCCCC2CO)n1. The zero-order chi connectivity index (χ0) is 14.4. The Kier molecular flexibility index (Phi) is 6.04. The second-order valence-electron chi connectivity index (χ2n) is 5.17. The molecule has 0 spiro atoms. The van der Waals surface area contributed by atoms with Gasteiger partial charge in [-0.3, -0.25) is 0 Å². The van der Waals surface area contributed by atoms with Crippen molar-refractivity contribution in [2.24, 2.45) is 0 Å². The van der Waals surface area contributed by atoms with Crippen LogP contribution in [0.4, 0.5) is 11.8 Å². The highest BCUT2D eigenvalue weighted by Crippen LogP contribution is 2.29. The Labute approximate surface area is 128 Å². The molecule has 1 unspecified atom stereocenters. The highest BCUT2D eigenvalue weighted by molar-refractivity contribution is 9.10. The van der Waals surface area contributed by atoms with Crippen molar-refractivity contribution in [3.05, 3.63) is 10.7 Å². The van der Waals surface area contributed by atoms with Crippen molar-refractivity contribution < 1.29 is 5.11 Å². The van der Waals surface area contributed by atoms with E-state index in [1.54, 1.807) is 6.20 Å². The summed E-state index contributed by atoms with van der Waals surface area (Å²) in [6, 6.07) is 0.155. The van der Waals surface area contributed by atoms with Crippen LogP contribution in [-0.4, -0.2) is 40.8 Å². The molecule has 1 aliphatic rings. The number of aliphatic hydroxyl groups excluding tert-OH is 1. The summed E-state index contributed by atoms with van der Waals surface area (Å²) in [7, 11) is 0. The van der Waals surface area contributed by atoms with E-state index in [-0.39, 0.29) is 12.6 Å². The van der Waals surface area contributed by atoms with Crippen LogP contribution < -0.4 is 10.2 Å². The van der Waals surface area contributed by atoms with E-state index in [0.717, 1.165) is 42.6 Å². The first kappa shape index (κ1) is 15.5. The molecule has 0 saturated carbocycles. The third kappa shape index (κ3) is 3.82. The zero-order valence-corrected chi connectivity index (χ0v) is 13.6. The molecule has 6 heteroatoms. The molecular weight excluding hydrogens is 320 g/mol. The van der Waals surface area contributed by atoms with E-state index in [0.29, 0.717) is 5.95 Å². The van der Waals surface area contributed by atoms with Gasteiger partial charge >= 0.3 is 0 Å². The van der Waals surface area contributed by atoms with Gasteiger partial charge in [0, 0.05) is 19.3 Å². The number of nitrogens with one attached hydrogen (secondary N) is 1. The largest absolute Gasteiger partial charge is 0.394 e. The van der Waals surface area contributed by atoms with Gasteiger partial charge in [-0.25, -0.2) is 4.98 Å². The predicted octanol–water partition coefficient (Wildman–Crippen LogP) is 2.80. The summed E-state index contributed by atoms with van der Waals surface area (Å²) >= 11 is 3.54. The van der Waals surface area contributed by atoms with Gasteiger partial charge < -0.3 is 15.3 Å². The van der Waals surface area contributed by atoms with Gasteiger partial charge in [0.1, 0.15) is 5.82 Å². The van der Waals surface area contributed by atoms with Gasteiger partial charge in [-0.1, -0.05) is 19.8 Å². The monoisotopic (exact) mass is 342 g/mol. The maximum absolute atomic E-state index is 9.63. The minimum Gasteiger partial charge on any atom is -0.394 e. The van der Waals surface area contributed by atoms with Crippen molar-refractivity contribution >= 4 is 27.7 Å². The van der Waals surface area contributed by atoms with E-state index in [1.165, 1.54) is 12.8 Å². The number of aromatic nitrogens is 2. The van der Waals surface area contributed by atoms with Crippen LogP contribution in [0.2, 0.25) is 0 Å². The predicted molar refractivity (Wildman–Crippen MR) is 85.2 cm³/mol. The quantitative estimate of drug-likeness (QED) is 0.861. The van der Waals surface area contributed by atoms with Gasteiger partial charge in [-0.2, -0.15) is 4.98 Å². The van der Waals surface area contributed by atoms with Crippen LogP contribution in [0.15, 0.2) is 10.7 Å². The second-order valence-corrected chi connectivity index (χ2v) is 6.03. The van der Waals surface area contributed by atoms with E-state index in [4.69, 9.17) is 0 Å². The lowest BCUT2D eigenvalue weighted by atomic mass is 10.1. The first-order valence-corrected chi connectivity index (χ1v) is 8.19. The second kappa shape index (κ2) is 7.78. The molecule has 1 saturated heterocycles. The molecule has 0 bridgehead atoms. The number of rotatable bonds is 5. The first-order chi connectivity index (χ1) is 9.76. The van der Waals surface area contributed by atoms with E-state index in [9.17, 15) is 5.11 Å². The van der Waals surface area contributed by atoms with Crippen molar-refractivity contribution in [1.29, 1.82) is 0 Å². The Bertz CT molecular complexity index is 430. The number of halogens is 1. The normalized spacial score (nSPS) is 19.8. The molecule has 0 radical (unpaired) electrons. The molecule has 1 aromatic heterocycles. The summed E-state index contributed by atoms with van der Waals surface area (Å²) in [5, 5.41) is 12.9. The molecule has 20 heavy (non-hydrogen) atoms. The summed E-state index contributed by atoms with van der Waals surface area (Å²) in [4.78, 5) is 11.1. The molecule has 112 valence electrons. The molecule has 1 aliphatic heterocycles. The van der Waals surface area contributed by atoms with E-state index in [1.807, 2.05) is 0 Å². The van der Waals surface area contributed by atoms with Crippen molar-refractivity contribution in [2.75, 3.05) is 29.9 Å². The van der Waals surface area contributed by atoms with Crippen molar-refractivity contribution in [3.8, 4) is 0 Å². The average molecular weight is 343 g/mol. The van der Waals surface area contributed by atoms with Gasteiger partial charge in [-0.05, 0) is 35.2 Å². The summed E-state index contributed by atoms with van der Waals surface area (Å²) in [6.07, 6.45) is 7.38. The van der Waals surface area contributed by atoms with Gasteiger partial charge in [0.25, 0.3) is 0 Å². The van der Waals surface area contributed by atoms with Gasteiger partial charge in [0.2, 0.25) is 5.95 Å². The molecular formula is C14H23BrN4O. The fourth-order valence-corrected chi connectivity index (χ4v) is 2.95. The van der Waals surface area contributed by atoms with Crippen LogP contribution in [0.25, 0.3) is 0 Å². The Morgan fingerprint density at radius 2 is 2.30 bits per heavy atom. The van der Waals surface area contributed by atoms with Crippen LogP contribution in [-0.2, 0) is 0 Å². The van der Waals surface area contributed by atoms with Crippen molar-refractivity contribution in [3.63, 3.8) is 0 Å². The van der Waals surface area contributed by atoms with Gasteiger partial charge in [0.05, 0.1) is 17.1 Å². The zero-order valence-electron chi connectivity index (χ0n) is 12.0. The maximum atomic E-state index is 9.63. The molecule has 1 fully saturated rings. The van der Waals surface area contributed by atoms with Crippen molar-refractivity contribution in [1.82, 2.24) is 9.97 Å². The first-order valence-electron chi connectivity index (χ1n) is 7.40. The number of aliphatic hydroxyl groups is 1. The minimum absolute atomic E-state index is 0.155. The molecule has 0 aliphatic carbocycles. The Balaban J connectivity index is 2.23. The van der Waals surface area contributed by atoms with Crippen LogP contribution in [0.5, 0.6) is 0 Å². The number of nitrogens with zero attached hydrogens (tertiary/aromatic N) is 3. The number of anilines is 2. The van der Waals surface area contributed by atoms with Crippen molar-refractivity contribution in [2.45, 2.75) is 45.1 Å². The number of hydrogen-bond acceptors (Lipinski definition) is 5. The molecule has 2 heterocycles. The summed E-state index contributed by atoms with van der Waals surface area (Å²) in [6.45, 7) is 4.09. The molecule has 2 N–H and O–H groups in total. The lowest BCUT2D eigenvalue weighted by Crippen LogP contribution is -2.38. The third-order valence-electron chi connectivity index (χ3n) is 3.62. The summed E-state index contributed by atoms with van der Waals surface area (Å²) in [5.74, 6) is 1.55. The Morgan fingerprint density at radius 3 is 3.05 bits per heavy atom. The Hall–Kier alpha value is -0.880. The summed E-state index contributed by atoms with van der Waals surface area (Å²) < 4.78 is 0.889. The van der Waals surface area contributed by atoms with Crippen LogP contribution in [0.1, 0.15) is 39.0 Å².